The Morgan fingerprint density at radius 1 is 1.19 bits per heavy atom. The zero-order valence-corrected chi connectivity index (χ0v) is 13.5. The van der Waals surface area contributed by atoms with E-state index < -0.39 is 0 Å². The van der Waals surface area contributed by atoms with Crippen LogP contribution in [-0.2, 0) is 0 Å². The third kappa shape index (κ3) is 3.90. The molecular weight excluding hydrogens is 262 g/mol. The summed E-state index contributed by atoms with van der Waals surface area (Å²) in [6.45, 7) is 4.53. The molecule has 3 N–H and O–H groups in total. The van der Waals surface area contributed by atoms with Crippen LogP contribution >= 0.6 is 0 Å². The molecule has 0 aliphatic heterocycles. The average molecular weight is 289 g/mol. The Morgan fingerprint density at radius 3 is 2.33 bits per heavy atom. The lowest BCUT2D eigenvalue weighted by atomic mass is 9.80. The quantitative estimate of drug-likeness (QED) is 0.841. The van der Waals surface area contributed by atoms with Crippen molar-refractivity contribution in [2.75, 3.05) is 24.7 Å². The van der Waals surface area contributed by atoms with Gasteiger partial charge in [-0.15, -0.1) is 0 Å². The predicted octanol–water partition coefficient (Wildman–Crippen LogP) is 2.89. The van der Waals surface area contributed by atoms with E-state index in [1.807, 2.05) is 31.1 Å². The van der Waals surface area contributed by atoms with Crippen molar-refractivity contribution in [2.45, 2.75) is 39.2 Å². The number of anilines is 2. The summed E-state index contributed by atoms with van der Waals surface area (Å²) >= 11 is 0. The standard InChI is InChI=1S/C17H27N3O/c1-11-7-12(2)9-14(8-11)19-17(21)13-5-6-16(20(3)4)15(18)10-13/h5-6,10-12,14H,7-9,18H2,1-4H3,(H,19,21). The van der Waals surface area contributed by atoms with E-state index in [2.05, 4.69) is 19.2 Å². The van der Waals surface area contributed by atoms with Crippen LogP contribution in [0, 0.1) is 11.8 Å². The number of hydrogen-bond donors (Lipinski definition) is 2. The van der Waals surface area contributed by atoms with Crippen LogP contribution < -0.4 is 16.0 Å². The molecule has 1 saturated carbocycles. The second-order valence-corrected chi connectivity index (χ2v) is 6.76. The smallest absolute Gasteiger partial charge is 0.251 e. The van der Waals surface area contributed by atoms with Crippen LogP contribution in [-0.4, -0.2) is 26.0 Å². The summed E-state index contributed by atoms with van der Waals surface area (Å²) in [7, 11) is 3.88. The SMILES string of the molecule is CC1CC(C)CC(NC(=O)c2ccc(N(C)C)c(N)c2)C1. The van der Waals surface area contributed by atoms with E-state index in [1.54, 1.807) is 6.07 Å². The molecule has 1 fully saturated rings. The zero-order valence-electron chi connectivity index (χ0n) is 13.5. The molecule has 0 saturated heterocycles. The van der Waals surface area contributed by atoms with Gasteiger partial charge in [0.15, 0.2) is 0 Å². The molecule has 116 valence electrons. The van der Waals surface area contributed by atoms with Gasteiger partial charge in [0.25, 0.3) is 5.91 Å². The maximum atomic E-state index is 12.4. The normalized spacial score (nSPS) is 25.4. The third-order valence-corrected chi connectivity index (χ3v) is 4.29. The first-order valence-corrected chi connectivity index (χ1v) is 7.74. The van der Waals surface area contributed by atoms with Crippen molar-refractivity contribution in [1.82, 2.24) is 5.32 Å². The van der Waals surface area contributed by atoms with Gasteiger partial charge in [0.1, 0.15) is 0 Å². The lowest BCUT2D eigenvalue weighted by Crippen LogP contribution is -2.40. The number of nitrogen functional groups attached to an aromatic ring is 1. The first-order valence-electron chi connectivity index (χ1n) is 7.74. The number of nitrogens with zero attached hydrogens (tertiary/aromatic N) is 1. The molecule has 0 aromatic heterocycles. The Balaban J connectivity index is 2.05. The van der Waals surface area contributed by atoms with E-state index in [1.165, 1.54) is 6.42 Å². The molecule has 0 spiro atoms. The summed E-state index contributed by atoms with van der Waals surface area (Å²) in [6.07, 6.45) is 3.40. The molecule has 2 rings (SSSR count). The molecule has 4 nitrogen and oxygen atoms in total. The molecule has 2 unspecified atom stereocenters. The second kappa shape index (κ2) is 6.37. The van der Waals surface area contributed by atoms with Gasteiger partial charge in [-0.2, -0.15) is 0 Å². The van der Waals surface area contributed by atoms with Gasteiger partial charge in [-0.3, -0.25) is 4.79 Å². The number of carbonyl (C=O) groups excluding carboxylic acids is 1. The Hall–Kier alpha value is -1.71. The molecule has 1 aliphatic rings. The molecule has 0 bridgehead atoms. The minimum absolute atomic E-state index is 0.0155. The van der Waals surface area contributed by atoms with Crippen molar-refractivity contribution >= 4 is 17.3 Å². The summed E-state index contributed by atoms with van der Waals surface area (Å²) < 4.78 is 0. The Labute approximate surface area is 127 Å². The Bertz CT molecular complexity index is 503. The summed E-state index contributed by atoms with van der Waals surface area (Å²) in [5, 5.41) is 3.16. The highest BCUT2D eigenvalue weighted by molar-refractivity contribution is 5.96. The van der Waals surface area contributed by atoms with Crippen LogP contribution in [0.4, 0.5) is 11.4 Å². The maximum absolute atomic E-state index is 12.4. The fourth-order valence-corrected chi connectivity index (χ4v) is 3.44. The van der Waals surface area contributed by atoms with Crippen LogP contribution in [0.2, 0.25) is 0 Å². The fourth-order valence-electron chi connectivity index (χ4n) is 3.44. The number of amides is 1. The summed E-state index contributed by atoms with van der Waals surface area (Å²) in [6, 6.07) is 5.79. The Kier molecular flexibility index (Phi) is 4.76. The van der Waals surface area contributed by atoms with Crippen LogP contribution in [0.1, 0.15) is 43.5 Å². The minimum Gasteiger partial charge on any atom is -0.397 e. The number of carbonyl (C=O) groups is 1. The number of hydrogen-bond acceptors (Lipinski definition) is 3. The highest BCUT2D eigenvalue weighted by Gasteiger charge is 2.25. The van der Waals surface area contributed by atoms with E-state index in [9.17, 15) is 4.79 Å². The second-order valence-electron chi connectivity index (χ2n) is 6.76. The third-order valence-electron chi connectivity index (χ3n) is 4.29. The number of nitrogens with two attached hydrogens (primary N) is 1. The maximum Gasteiger partial charge on any atom is 0.251 e. The van der Waals surface area contributed by atoms with Gasteiger partial charge < -0.3 is 16.0 Å². The molecule has 0 radical (unpaired) electrons. The van der Waals surface area contributed by atoms with Gasteiger partial charge in [-0.1, -0.05) is 13.8 Å². The van der Waals surface area contributed by atoms with Gasteiger partial charge in [0, 0.05) is 25.7 Å². The predicted molar refractivity (Wildman–Crippen MR) is 88.6 cm³/mol. The topological polar surface area (TPSA) is 58.4 Å². The van der Waals surface area contributed by atoms with Crippen molar-refractivity contribution in [3.63, 3.8) is 0 Å². The van der Waals surface area contributed by atoms with Crippen molar-refractivity contribution < 1.29 is 4.79 Å². The number of rotatable bonds is 3. The Morgan fingerprint density at radius 2 is 1.81 bits per heavy atom. The van der Waals surface area contributed by atoms with Crippen LogP contribution in [0.25, 0.3) is 0 Å². The molecular formula is C17H27N3O. The van der Waals surface area contributed by atoms with Gasteiger partial charge >= 0.3 is 0 Å². The lowest BCUT2D eigenvalue weighted by molar-refractivity contribution is 0.0911. The van der Waals surface area contributed by atoms with E-state index in [0.29, 0.717) is 23.1 Å². The highest BCUT2D eigenvalue weighted by Crippen LogP contribution is 2.29. The van der Waals surface area contributed by atoms with Crippen LogP contribution in [0.15, 0.2) is 18.2 Å². The van der Waals surface area contributed by atoms with E-state index in [0.717, 1.165) is 18.5 Å². The lowest BCUT2D eigenvalue weighted by Gasteiger charge is -2.32. The summed E-state index contributed by atoms with van der Waals surface area (Å²) in [5.41, 5.74) is 8.23. The molecule has 1 aliphatic carbocycles. The first-order chi connectivity index (χ1) is 9.86. The summed E-state index contributed by atoms with van der Waals surface area (Å²) in [5.74, 6) is 1.35. The van der Waals surface area contributed by atoms with Gasteiger partial charge in [-0.05, 0) is 49.3 Å². The average Bonchev–Trinajstić information content (AvgIpc) is 2.36. The minimum atomic E-state index is -0.0155. The van der Waals surface area contributed by atoms with Gasteiger partial charge in [0.2, 0.25) is 0 Å². The monoisotopic (exact) mass is 289 g/mol. The molecule has 2 atom stereocenters. The van der Waals surface area contributed by atoms with Gasteiger partial charge in [0.05, 0.1) is 11.4 Å². The van der Waals surface area contributed by atoms with E-state index >= 15 is 0 Å². The number of nitrogens with one attached hydrogen (secondary N) is 1. The molecule has 0 heterocycles. The van der Waals surface area contributed by atoms with E-state index in [-0.39, 0.29) is 11.9 Å². The molecule has 1 aromatic carbocycles. The van der Waals surface area contributed by atoms with Crippen molar-refractivity contribution in [2.24, 2.45) is 11.8 Å². The number of benzene rings is 1. The molecule has 21 heavy (non-hydrogen) atoms. The first kappa shape index (κ1) is 15.7. The summed E-state index contributed by atoms with van der Waals surface area (Å²) in [4.78, 5) is 14.3. The molecule has 4 heteroatoms. The largest absolute Gasteiger partial charge is 0.397 e. The fraction of sp³-hybridized carbons (Fsp3) is 0.588. The van der Waals surface area contributed by atoms with Crippen molar-refractivity contribution in [1.29, 1.82) is 0 Å². The van der Waals surface area contributed by atoms with Crippen molar-refractivity contribution in [3.8, 4) is 0 Å². The van der Waals surface area contributed by atoms with Crippen molar-refractivity contribution in [3.05, 3.63) is 23.8 Å². The van der Waals surface area contributed by atoms with Crippen LogP contribution in [0.3, 0.4) is 0 Å². The van der Waals surface area contributed by atoms with Crippen LogP contribution in [0.5, 0.6) is 0 Å². The molecule has 1 amide bonds. The van der Waals surface area contributed by atoms with E-state index in [4.69, 9.17) is 5.73 Å². The zero-order chi connectivity index (χ0) is 15.6. The van der Waals surface area contributed by atoms with Gasteiger partial charge in [-0.25, -0.2) is 0 Å². The molecule has 1 aromatic rings. The highest BCUT2D eigenvalue weighted by atomic mass is 16.1.